The zero-order valence-corrected chi connectivity index (χ0v) is 18.6. The monoisotopic (exact) mass is 462 g/mol. The van der Waals surface area contributed by atoms with Crippen LogP contribution in [0, 0.1) is 0 Å². The van der Waals surface area contributed by atoms with E-state index in [0.717, 1.165) is 5.69 Å². The van der Waals surface area contributed by atoms with Crippen LogP contribution in [0.2, 0.25) is 0 Å². The molecule has 0 atom stereocenters. The number of aromatic nitrogens is 2. The molecule has 0 spiro atoms. The first kappa shape index (κ1) is 22.1. The first-order valence-electron chi connectivity index (χ1n) is 10.2. The van der Waals surface area contributed by atoms with Crippen LogP contribution < -0.4 is 14.8 Å². The van der Waals surface area contributed by atoms with Gasteiger partial charge in [-0.25, -0.2) is 13.1 Å². The standard InChI is InChI=1S/C24H22N4O4S/c1-2-32-21-12-10-19(11-13-21)27-33(30,31)22-14-8-18(9-15-22)24(29)25-23-16-17-28(26-23)20-6-4-3-5-7-20/h3-17,27H,2H2,1H3,(H,25,26,29). The molecular weight excluding hydrogens is 440 g/mol. The van der Waals surface area contributed by atoms with Gasteiger partial charge in [0.25, 0.3) is 15.9 Å². The Morgan fingerprint density at radius 3 is 2.30 bits per heavy atom. The third-order valence-corrected chi connectivity index (χ3v) is 6.09. The highest BCUT2D eigenvalue weighted by Crippen LogP contribution is 2.20. The van der Waals surface area contributed by atoms with Gasteiger partial charge in [-0.1, -0.05) is 18.2 Å². The number of sulfonamides is 1. The SMILES string of the molecule is CCOc1ccc(NS(=O)(=O)c2ccc(C(=O)Nc3ccn(-c4ccccc4)n3)cc2)cc1. The smallest absolute Gasteiger partial charge is 0.261 e. The maximum Gasteiger partial charge on any atom is 0.261 e. The minimum absolute atomic E-state index is 0.0429. The van der Waals surface area contributed by atoms with Gasteiger partial charge >= 0.3 is 0 Å². The summed E-state index contributed by atoms with van der Waals surface area (Å²) < 4.78 is 34.9. The van der Waals surface area contributed by atoms with Gasteiger partial charge < -0.3 is 10.1 Å². The topological polar surface area (TPSA) is 102 Å². The van der Waals surface area contributed by atoms with Crippen molar-refractivity contribution in [1.82, 2.24) is 9.78 Å². The van der Waals surface area contributed by atoms with Crippen molar-refractivity contribution >= 4 is 27.4 Å². The van der Waals surface area contributed by atoms with Gasteiger partial charge in [-0.2, -0.15) is 5.10 Å². The average Bonchev–Trinajstić information content (AvgIpc) is 3.29. The third-order valence-electron chi connectivity index (χ3n) is 4.70. The highest BCUT2D eigenvalue weighted by molar-refractivity contribution is 7.92. The number of benzene rings is 3. The van der Waals surface area contributed by atoms with E-state index in [4.69, 9.17) is 4.74 Å². The predicted octanol–water partition coefficient (Wildman–Crippen LogP) is 4.32. The number of rotatable bonds is 8. The summed E-state index contributed by atoms with van der Waals surface area (Å²) in [6.07, 6.45) is 1.74. The molecule has 33 heavy (non-hydrogen) atoms. The Balaban J connectivity index is 1.42. The van der Waals surface area contributed by atoms with E-state index in [0.29, 0.717) is 29.4 Å². The Labute approximate surface area is 191 Å². The molecule has 1 amide bonds. The van der Waals surface area contributed by atoms with Crippen molar-refractivity contribution in [2.75, 3.05) is 16.6 Å². The molecule has 168 valence electrons. The number of amides is 1. The van der Waals surface area contributed by atoms with E-state index in [1.165, 1.54) is 24.3 Å². The minimum Gasteiger partial charge on any atom is -0.494 e. The molecule has 0 unspecified atom stereocenters. The number of hydrogen-bond acceptors (Lipinski definition) is 5. The van der Waals surface area contributed by atoms with Crippen molar-refractivity contribution in [2.45, 2.75) is 11.8 Å². The summed E-state index contributed by atoms with van der Waals surface area (Å²) in [5, 5.41) is 7.05. The lowest BCUT2D eigenvalue weighted by Crippen LogP contribution is -2.15. The molecule has 0 aliphatic rings. The van der Waals surface area contributed by atoms with Crippen LogP contribution in [0.15, 0.2) is 96.0 Å². The van der Waals surface area contributed by atoms with Gasteiger partial charge in [-0.3, -0.25) is 9.52 Å². The van der Waals surface area contributed by atoms with E-state index in [9.17, 15) is 13.2 Å². The van der Waals surface area contributed by atoms with Crippen molar-refractivity contribution < 1.29 is 17.9 Å². The third kappa shape index (κ3) is 5.39. The van der Waals surface area contributed by atoms with Crippen molar-refractivity contribution in [3.8, 4) is 11.4 Å². The maximum atomic E-state index is 12.7. The lowest BCUT2D eigenvalue weighted by Gasteiger charge is -2.10. The van der Waals surface area contributed by atoms with E-state index in [2.05, 4.69) is 15.1 Å². The molecule has 4 aromatic rings. The molecule has 0 aliphatic carbocycles. The molecule has 3 aromatic carbocycles. The van der Waals surface area contributed by atoms with E-state index < -0.39 is 15.9 Å². The van der Waals surface area contributed by atoms with Crippen LogP contribution in [0.3, 0.4) is 0 Å². The summed E-state index contributed by atoms with van der Waals surface area (Å²) in [5.41, 5.74) is 1.59. The number of carbonyl (C=O) groups excluding carboxylic acids is 1. The van der Waals surface area contributed by atoms with Gasteiger partial charge in [0, 0.05) is 23.5 Å². The second-order valence-corrected chi connectivity index (χ2v) is 8.70. The minimum atomic E-state index is -3.81. The van der Waals surface area contributed by atoms with Crippen LogP contribution in [0.5, 0.6) is 5.75 Å². The van der Waals surface area contributed by atoms with E-state index in [-0.39, 0.29) is 4.90 Å². The lowest BCUT2D eigenvalue weighted by atomic mass is 10.2. The van der Waals surface area contributed by atoms with Gasteiger partial charge in [0.15, 0.2) is 5.82 Å². The number of nitrogens with zero attached hydrogens (tertiary/aromatic N) is 2. The van der Waals surface area contributed by atoms with E-state index in [1.807, 2.05) is 37.3 Å². The van der Waals surface area contributed by atoms with Gasteiger partial charge in [0.1, 0.15) is 5.75 Å². The first-order valence-corrected chi connectivity index (χ1v) is 11.7. The molecule has 0 fully saturated rings. The second-order valence-electron chi connectivity index (χ2n) is 7.02. The number of anilines is 2. The van der Waals surface area contributed by atoms with Gasteiger partial charge in [0.2, 0.25) is 0 Å². The fraction of sp³-hybridized carbons (Fsp3) is 0.0833. The lowest BCUT2D eigenvalue weighted by molar-refractivity contribution is 0.102. The van der Waals surface area contributed by atoms with Crippen molar-refractivity contribution in [3.63, 3.8) is 0 Å². The molecule has 9 heteroatoms. The molecule has 0 bridgehead atoms. The number of nitrogens with one attached hydrogen (secondary N) is 2. The van der Waals surface area contributed by atoms with Crippen LogP contribution in [-0.2, 0) is 10.0 Å². The first-order chi connectivity index (χ1) is 15.9. The zero-order chi connectivity index (χ0) is 23.3. The molecule has 8 nitrogen and oxygen atoms in total. The highest BCUT2D eigenvalue weighted by Gasteiger charge is 2.16. The Morgan fingerprint density at radius 2 is 1.64 bits per heavy atom. The fourth-order valence-electron chi connectivity index (χ4n) is 3.09. The van der Waals surface area contributed by atoms with Crippen LogP contribution in [-0.4, -0.2) is 30.7 Å². The maximum absolute atomic E-state index is 12.7. The van der Waals surface area contributed by atoms with Gasteiger partial charge in [0.05, 0.1) is 17.2 Å². The average molecular weight is 463 g/mol. The Hall–Kier alpha value is -4.11. The van der Waals surface area contributed by atoms with Gasteiger partial charge in [-0.15, -0.1) is 0 Å². The zero-order valence-electron chi connectivity index (χ0n) is 17.8. The molecule has 0 saturated heterocycles. The predicted molar refractivity (Wildman–Crippen MR) is 126 cm³/mol. The van der Waals surface area contributed by atoms with Crippen LogP contribution in [0.1, 0.15) is 17.3 Å². The number of carbonyl (C=O) groups is 1. The largest absolute Gasteiger partial charge is 0.494 e. The normalized spacial score (nSPS) is 11.1. The Kier molecular flexibility index (Phi) is 6.41. The summed E-state index contributed by atoms with van der Waals surface area (Å²) in [6.45, 7) is 2.40. The van der Waals surface area contributed by atoms with Gasteiger partial charge in [-0.05, 0) is 67.6 Å². The van der Waals surface area contributed by atoms with E-state index in [1.54, 1.807) is 41.2 Å². The van der Waals surface area contributed by atoms with Crippen LogP contribution >= 0.6 is 0 Å². The molecule has 0 saturated carbocycles. The van der Waals surface area contributed by atoms with Crippen LogP contribution in [0.4, 0.5) is 11.5 Å². The summed E-state index contributed by atoms with van der Waals surface area (Å²) in [6, 6.07) is 23.5. The number of ether oxygens (including phenoxy) is 1. The summed E-state index contributed by atoms with van der Waals surface area (Å²) >= 11 is 0. The Bertz CT molecular complexity index is 1330. The molecule has 0 aliphatic heterocycles. The van der Waals surface area contributed by atoms with Crippen molar-refractivity contribution in [1.29, 1.82) is 0 Å². The fourth-order valence-corrected chi connectivity index (χ4v) is 4.15. The molecule has 4 rings (SSSR count). The van der Waals surface area contributed by atoms with Crippen molar-refractivity contribution in [3.05, 3.63) is 96.7 Å². The molecular formula is C24H22N4O4S. The summed E-state index contributed by atoms with van der Waals surface area (Å²) in [4.78, 5) is 12.6. The summed E-state index contributed by atoms with van der Waals surface area (Å²) in [7, 11) is -3.81. The van der Waals surface area contributed by atoms with Crippen molar-refractivity contribution in [2.24, 2.45) is 0 Å². The number of para-hydroxylation sites is 1. The number of hydrogen-bond donors (Lipinski definition) is 2. The molecule has 2 N–H and O–H groups in total. The van der Waals surface area contributed by atoms with Crippen LogP contribution in [0.25, 0.3) is 5.69 Å². The molecule has 1 heterocycles. The Morgan fingerprint density at radius 1 is 0.939 bits per heavy atom. The summed E-state index contributed by atoms with van der Waals surface area (Å²) in [5.74, 6) is 0.652. The molecule has 1 aromatic heterocycles. The quantitative estimate of drug-likeness (QED) is 0.406. The second kappa shape index (κ2) is 9.58. The highest BCUT2D eigenvalue weighted by atomic mass is 32.2. The van der Waals surface area contributed by atoms with E-state index >= 15 is 0 Å². The molecule has 0 radical (unpaired) electrons.